The average Bonchev–Trinajstić information content (AvgIpc) is 2.94. The van der Waals surface area contributed by atoms with Crippen LogP contribution >= 0.6 is 0 Å². The fourth-order valence-corrected chi connectivity index (χ4v) is 2.33. The smallest absolute Gasteiger partial charge is 0.280 e. The van der Waals surface area contributed by atoms with Crippen molar-refractivity contribution in [3.05, 3.63) is 64.4 Å². The van der Waals surface area contributed by atoms with Crippen LogP contribution in [0.4, 0.5) is 5.69 Å². The van der Waals surface area contributed by atoms with Crippen molar-refractivity contribution in [3.8, 4) is 11.3 Å². The summed E-state index contributed by atoms with van der Waals surface area (Å²) in [6.07, 6.45) is 0. The lowest BCUT2D eigenvalue weighted by Gasteiger charge is -2.18. The number of furan rings is 1. The van der Waals surface area contributed by atoms with Crippen molar-refractivity contribution in [1.82, 2.24) is 4.90 Å². The summed E-state index contributed by atoms with van der Waals surface area (Å²) in [5.41, 5.74) is 1.65. The number of hydrogen-bond donors (Lipinski definition) is 0. The lowest BCUT2D eigenvalue weighted by molar-refractivity contribution is -0.384. The highest BCUT2D eigenvalue weighted by Gasteiger charge is 2.17. The number of rotatable bonds is 7. The van der Waals surface area contributed by atoms with Crippen LogP contribution in [-0.2, 0) is 6.54 Å². The lowest BCUT2D eigenvalue weighted by atomic mass is 10.1. The zero-order chi connectivity index (χ0) is 16.1. The number of nitro benzene ring substituents is 1. The first-order valence-electron chi connectivity index (χ1n) is 7.20. The van der Waals surface area contributed by atoms with Crippen LogP contribution in [0.3, 0.4) is 0 Å². The molecule has 5 heteroatoms. The molecule has 0 saturated carbocycles. The van der Waals surface area contributed by atoms with Gasteiger partial charge in [-0.05, 0) is 31.7 Å². The minimum atomic E-state index is -0.392. The van der Waals surface area contributed by atoms with E-state index in [1.165, 1.54) is 6.07 Å². The van der Waals surface area contributed by atoms with Gasteiger partial charge < -0.3 is 4.42 Å². The van der Waals surface area contributed by atoms with Gasteiger partial charge in [0.05, 0.1) is 17.0 Å². The Hall–Kier alpha value is -2.40. The van der Waals surface area contributed by atoms with Gasteiger partial charge in [-0.3, -0.25) is 15.0 Å². The normalized spacial score (nSPS) is 10.9. The molecule has 22 heavy (non-hydrogen) atoms. The zero-order valence-corrected chi connectivity index (χ0v) is 12.9. The number of nitro groups is 1. The molecule has 1 aromatic carbocycles. The zero-order valence-electron chi connectivity index (χ0n) is 12.9. The number of para-hydroxylation sites is 1. The summed E-state index contributed by atoms with van der Waals surface area (Å²) in [6, 6.07) is 10.3. The maximum absolute atomic E-state index is 11.1. The molecule has 0 aliphatic rings. The Morgan fingerprint density at radius 1 is 1.32 bits per heavy atom. The first-order valence-corrected chi connectivity index (χ1v) is 7.20. The molecule has 0 N–H and O–H groups in total. The fraction of sp³-hybridized carbons (Fsp3) is 0.294. The molecule has 0 atom stereocenters. The molecule has 0 bridgehead atoms. The van der Waals surface area contributed by atoms with E-state index in [0.717, 1.165) is 24.4 Å². The molecule has 0 aliphatic carbocycles. The Morgan fingerprint density at radius 3 is 2.68 bits per heavy atom. The maximum Gasteiger partial charge on any atom is 0.280 e. The topological polar surface area (TPSA) is 59.5 Å². The minimum Gasteiger partial charge on any atom is -0.459 e. The van der Waals surface area contributed by atoms with Crippen molar-refractivity contribution in [2.24, 2.45) is 0 Å². The number of nitrogens with zero attached hydrogens (tertiary/aromatic N) is 2. The van der Waals surface area contributed by atoms with Crippen LogP contribution in [-0.4, -0.2) is 22.9 Å². The van der Waals surface area contributed by atoms with Gasteiger partial charge in [-0.15, -0.1) is 0 Å². The number of hydrogen-bond acceptors (Lipinski definition) is 4. The molecule has 0 saturated heterocycles. The largest absolute Gasteiger partial charge is 0.459 e. The molecule has 0 radical (unpaired) electrons. The molecule has 5 nitrogen and oxygen atoms in total. The maximum atomic E-state index is 11.1. The predicted molar refractivity (Wildman–Crippen MR) is 86.6 cm³/mol. The van der Waals surface area contributed by atoms with Crippen molar-refractivity contribution >= 4 is 5.69 Å². The molecule has 116 valence electrons. The Bertz CT molecular complexity index is 676. The highest BCUT2D eigenvalue weighted by Crippen LogP contribution is 2.31. The lowest BCUT2D eigenvalue weighted by Crippen LogP contribution is -2.24. The van der Waals surface area contributed by atoms with E-state index < -0.39 is 4.92 Å². The standard InChI is InChI=1S/C17H20N2O3/c1-4-18(11-13(2)3)12-14-9-10-17(22-14)15-7-5-6-8-16(15)19(20)21/h5-10H,2,4,11-12H2,1,3H3. The van der Waals surface area contributed by atoms with Crippen LogP contribution in [0.15, 0.2) is 53.0 Å². The third-order valence-electron chi connectivity index (χ3n) is 3.35. The molecule has 2 aromatic rings. The van der Waals surface area contributed by atoms with E-state index in [0.29, 0.717) is 17.9 Å². The van der Waals surface area contributed by atoms with Crippen LogP contribution in [0, 0.1) is 10.1 Å². The summed E-state index contributed by atoms with van der Waals surface area (Å²) >= 11 is 0. The van der Waals surface area contributed by atoms with Gasteiger partial charge in [0.2, 0.25) is 0 Å². The molecule has 0 amide bonds. The van der Waals surface area contributed by atoms with Crippen LogP contribution in [0.1, 0.15) is 19.6 Å². The van der Waals surface area contributed by atoms with E-state index >= 15 is 0 Å². The monoisotopic (exact) mass is 300 g/mol. The second kappa shape index (κ2) is 7.04. The third-order valence-corrected chi connectivity index (χ3v) is 3.35. The van der Waals surface area contributed by atoms with Crippen LogP contribution in [0.5, 0.6) is 0 Å². The summed E-state index contributed by atoms with van der Waals surface area (Å²) in [5, 5.41) is 11.1. The highest BCUT2D eigenvalue weighted by molar-refractivity contribution is 5.69. The fourth-order valence-electron chi connectivity index (χ4n) is 2.33. The quantitative estimate of drug-likeness (QED) is 0.435. The first kappa shape index (κ1) is 16.0. The molecule has 0 aliphatic heterocycles. The average molecular weight is 300 g/mol. The van der Waals surface area contributed by atoms with E-state index in [1.807, 2.05) is 13.0 Å². The van der Waals surface area contributed by atoms with Gasteiger partial charge in [0.25, 0.3) is 5.69 Å². The second-order valence-electron chi connectivity index (χ2n) is 5.30. The van der Waals surface area contributed by atoms with E-state index in [2.05, 4.69) is 18.4 Å². The minimum absolute atomic E-state index is 0.0534. The Kier molecular flexibility index (Phi) is 5.12. The van der Waals surface area contributed by atoms with Gasteiger partial charge in [0, 0.05) is 12.6 Å². The molecular formula is C17H20N2O3. The highest BCUT2D eigenvalue weighted by atomic mass is 16.6. The summed E-state index contributed by atoms with van der Waals surface area (Å²) in [4.78, 5) is 12.9. The van der Waals surface area contributed by atoms with Gasteiger partial charge in [-0.25, -0.2) is 0 Å². The van der Waals surface area contributed by atoms with Crippen LogP contribution in [0.2, 0.25) is 0 Å². The van der Waals surface area contributed by atoms with E-state index in [4.69, 9.17) is 4.42 Å². The predicted octanol–water partition coefficient (Wildman–Crippen LogP) is 4.25. The van der Waals surface area contributed by atoms with Crippen LogP contribution < -0.4 is 0 Å². The van der Waals surface area contributed by atoms with Crippen molar-refractivity contribution < 1.29 is 9.34 Å². The molecule has 2 rings (SSSR count). The van der Waals surface area contributed by atoms with E-state index in [-0.39, 0.29) is 5.69 Å². The third kappa shape index (κ3) is 3.83. The molecular weight excluding hydrogens is 280 g/mol. The van der Waals surface area contributed by atoms with Gasteiger partial charge in [-0.1, -0.05) is 31.2 Å². The number of benzene rings is 1. The Balaban J connectivity index is 2.21. The van der Waals surface area contributed by atoms with Crippen molar-refractivity contribution in [3.63, 3.8) is 0 Å². The number of likely N-dealkylation sites (N-methyl/N-ethyl adjacent to an activating group) is 1. The second-order valence-corrected chi connectivity index (χ2v) is 5.30. The summed E-state index contributed by atoms with van der Waals surface area (Å²) in [5.74, 6) is 1.31. The molecule has 0 fully saturated rings. The van der Waals surface area contributed by atoms with Gasteiger partial charge in [0.15, 0.2) is 0 Å². The van der Waals surface area contributed by atoms with E-state index in [1.54, 1.807) is 24.3 Å². The Labute approximate surface area is 130 Å². The van der Waals surface area contributed by atoms with Gasteiger partial charge >= 0.3 is 0 Å². The van der Waals surface area contributed by atoms with Crippen molar-refractivity contribution in [1.29, 1.82) is 0 Å². The molecule has 0 unspecified atom stereocenters. The van der Waals surface area contributed by atoms with Gasteiger partial charge in [0.1, 0.15) is 11.5 Å². The van der Waals surface area contributed by atoms with Crippen LogP contribution in [0.25, 0.3) is 11.3 Å². The summed E-state index contributed by atoms with van der Waals surface area (Å²) in [6.45, 7) is 10.3. The first-order chi connectivity index (χ1) is 10.5. The molecule has 1 aromatic heterocycles. The van der Waals surface area contributed by atoms with Crippen molar-refractivity contribution in [2.75, 3.05) is 13.1 Å². The van der Waals surface area contributed by atoms with E-state index in [9.17, 15) is 10.1 Å². The van der Waals surface area contributed by atoms with Gasteiger partial charge in [-0.2, -0.15) is 0 Å². The van der Waals surface area contributed by atoms with Crippen molar-refractivity contribution in [2.45, 2.75) is 20.4 Å². The summed E-state index contributed by atoms with van der Waals surface area (Å²) < 4.78 is 5.80. The molecule has 0 spiro atoms. The summed E-state index contributed by atoms with van der Waals surface area (Å²) in [7, 11) is 0. The SMILES string of the molecule is C=C(C)CN(CC)Cc1ccc(-c2ccccc2[N+](=O)[O-])o1. The molecule has 1 heterocycles. The Morgan fingerprint density at radius 2 is 2.05 bits per heavy atom.